The highest BCUT2D eigenvalue weighted by molar-refractivity contribution is 5.90. The zero-order valence-electron chi connectivity index (χ0n) is 16.8. The molecule has 29 heavy (non-hydrogen) atoms. The molecule has 0 aliphatic carbocycles. The van der Waals surface area contributed by atoms with E-state index in [1.165, 1.54) is 17.9 Å². The van der Waals surface area contributed by atoms with E-state index in [2.05, 4.69) is 5.32 Å². The molecule has 0 unspecified atom stereocenters. The lowest BCUT2D eigenvalue weighted by atomic mass is 9.92. The molecule has 2 N–H and O–H groups in total. The topological polar surface area (TPSA) is 91.3 Å². The quantitative estimate of drug-likeness (QED) is 0.712. The summed E-state index contributed by atoms with van der Waals surface area (Å²) >= 11 is 0. The molecule has 0 saturated carbocycles. The minimum Gasteiger partial charge on any atom is -0.442 e. The van der Waals surface area contributed by atoms with Crippen LogP contribution < -0.4 is 15.1 Å². The molecule has 0 aromatic heterocycles. The summed E-state index contributed by atoms with van der Waals surface area (Å²) in [7, 11) is 0. The number of nitrogens with one attached hydrogen (secondary N) is 1. The number of cyclic esters (lactones) is 1. The van der Waals surface area contributed by atoms with Gasteiger partial charge in [-0.2, -0.15) is 0 Å². The van der Waals surface area contributed by atoms with Gasteiger partial charge in [-0.25, -0.2) is 9.18 Å². The van der Waals surface area contributed by atoms with Crippen LogP contribution in [-0.4, -0.2) is 68.2 Å². The van der Waals surface area contributed by atoms with E-state index in [0.717, 1.165) is 0 Å². The summed E-state index contributed by atoms with van der Waals surface area (Å²) in [6.07, 6.45) is -0.0414. The highest BCUT2D eigenvalue weighted by atomic mass is 19.1. The van der Waals surface area contributed by atoms with Gasteiger partial charge in [0.25, 0.3) is 0 Å². The Kier molecular flexibility index (Phi) is 6.59. The first-order valence-electron chi connectivity index (χ1n) is 9.88. The van der Waals surface area contributed by atoms with Crippen LogP contribution in [0.4, 0.5) is 20.6 Å². The van der Waals surface area contributed by atoms with Crippen LogP contribution in [0.15, 0.2) is 18.2 Å². The van der Waals surface area contributed by atoms with Gasteiger partial charge in [0, 0.05) is 26.6 Å². The Balaban J connectivity index is 1.62. The van der Waals surface area contributed by atoms with Crippen molar-refractivity contribution >= 4 is 23.4 Å². The first kappa shape index (κ1) is 21.3. The summed E-state index contributed by atoms with van der Waals surface area (Å²) in [5.41, 5.74) is -0.0217. The summed E-state index contributed by atoms with van der Waals surface area (Å²) in [5.74, 6) is -0.638. The fourth-order valence-corrected chi connectivity index (χ4v) is 3.62. The van der Waals surface area contributed by atoms with Crippen molar-refractivity contribution in [3.8, 4) is 0 Å². The molecule has 9 heteroatoms. The average Bonchev–Trinajstić information content (AvgIpc) is 3.06. The average molecular weight is 409 g/mol. The number of carbonyl (C=O) groups excluding carboxylic acids is 2. The Morgan fingerprint density at radius 1 is 1.41 bits per heavy atom. The second kappa shape index (κ2) is 8.96. The van der Waals surface area contributed by atoms with Crippen LogP contribution in [0, 0.1) is 5.82 Å². The van der Waals surface area contributed by atoms with Gasteiger partial charge >= 0.3 is 6.09 Å². The molecule has 8 nitrogen and oxygen atoms in total. The molecule has 2 heterocycles. The summed E-state index contributed by atoms with van der Waals surface area (Å²) < 4.78 is 25.4. The van der Waals surface area contributed by atoms with Crippen LogP contribution in [0.2, 0.25) is 0 Å². The van der Waals surface area contributed by atoms with Crippen LogP contribution in [0.1, 0.15) is 26.7 Å². The number of anilines is 2. The van der Waals surface area contributed by atoms with E-state index in [9.17, 15) is 19.1 Å². The third-order valence-electron chi connectivity index (χ3n) is 5.31. The normalized spacial score (nSPS) is 21.2. The molecule has 1 aromatic rings. The Morgan fingerprint density at radius 3 is 2.76 bits per heavy atom. The Bertz CT molecular complexity index is 752. The fraction of sp³-hybridized carbons (Fsp3) is 0.600. The lowest BCUT2D eigenvalue weighted by Crippen LogP contribution is -2.47. The second-order valence-corrected chi connectivity index (χ2v) is 7.54. The van der Waals surface area contributed by atoms with Gasteiger partial charge in [0.1, 0.15) is 11.9 Å². The van der Waals surface area contributed by atoms with Crippen LogP contribution >= 0.6 is 0 Å². The van der Waals surface area contributed by atoms with Gasteiger partial charge in [-0.1, -0.05) is 0 Å². The first-order valence-corrected chi connectivity index (χ1v) is 9.88. The van der Waals surface area contributed by atoms with E-state index in [-0.39, 0.29) is 25.6 Å². The zero-order chi connectivity index (χ0) is 21.0. The zero-order valence-corrected chi connectivity index (χ0v) is 16.8. The van der Waals surface area contributed by atoms with Crippen molar-refractivity contribution in [2.75, 3.05) is 49.2 Å². The van der Waals surface area contributed by atoms with Crippen LogP contribution in [-0.2, 0) is 14.3 Å². The standard InChI is InChI=1S/C20H28FN3O5/c1-3-28-13-20(27)6-8-23(9-7-20)18-5-4-15(10-17(18)21)24-12-16(29-19(24)26)11-22-14(2)25/h4-5,10,16,27H,3,6-9,11-13H2,1-2H3,(H,22,25)/t16-/m0/s1. The molecule has 160 valence electrons. The molecule has 2 aliphatic heterocycles. The molecule has 2 aliphatic rings. The monoisotopic (exact) mass is 409 g/mol. The van der Waals surface area contributed by atoms with Gasteiger partial charge in [0.05, 0.1) is 36.7 Å². The maximum Gasteiger partial charge on any atom is 0.414 e. The second-order valence-electron chi connectivity index (χ2n) is 7.54. The minimum absolute atomic E-state index is 0.204. The van der Waals surface area contributed by atoms with Crippen molar-refractivity contribution in [2.45, 2.75) is 38.4 Å². The molecule has 1 atom stereocenters. The molecule has 2 amide bonds. The van der Waals surface area contributed by atoms with Crippen LogP contribution in [0.3, 0.4) is 0 Å². The van der Waals surface area contributed by atoms with Gasteiger partial charge in [0.15, 0.2) is 0 Å². The summed E-state index contributed by atoms with van der Waals surface area (Å²) in [4.78, 5) is 26.4. The van der Waals surface area contributed by atoms with E-state index in [0.29, 0.717) is 43.9 Å². The van der Waals surface area contributed by atoms with Gasteiger partial charge in [-0.15, -0.1) is 0 Å². The molecular weight excluding hydrogens is 381 g/mol. The number of rotatable bonds is 7. The SMILES string of the molecule is CCOCC1(O)CCN(c2ccc(N3C[C@H](CNC(C)=O)OC3=O)cc2F)CC1. The molecule has 0 spiro atoms. The van der Waals surface area contributed by atoms with Crippen molar-refractivity contribution < 1.29 is 28.6 Å². The number of nitrogens with zero attached hydrogens (tertiary/aromatic N) is 2. The maximum absolute atomic E-state index is 14.8. The number of carbonyl (C=O) groups is 2. The number of aliphatic hydroxyl groups is 1. The smallest absolute Gasteiger partial charge is 0.414 e. The number of piperidine rings is 1. The molecule has 0 bridgehead atoms. The number of ether oxygens (including phenoxy) is 2. The van der Waals surface area contributed by atoms with Crippen molar-refractivity contribution in [3.63, 3.8) is 0 Å². The molecule has 0 radical (unpaired) electrons. The van der Waals surface area contributed by atoms with Gasteiger partial charge in [-0.3, -0.25) is 9.69 Å². The van der Waals surface area contributed by atoms with Gasteiger partial charge in [-0.05, 0) is 38.0 Å². The van der Waals surface area contributed by atoms with Gasteiger partial charge < -0.3 is 24.8 Å². The van der Waals surface area contributed by atoms with E-state index < -0.39 is 23.6 Å². The highest BCUT2D eigenvalue weighted by Crippen LogP contribution is 2.31. The van der Waals surface area contributed by atoms with E-state index in [1.807, 2.05) is 11.8 Å². The first-order chi connectivity index (χ1) is 13.8. The van der Waals surface area contributed by atoms with Crippen molar-refractivity contribution in [3.05, 3.63) is 24.0 Å². The molecule has 2 fully saturated rings. The van der Waals surface area contributed by atoms with Crippen LogP contribution in [0.5, 0.6) is 0 Å². The predicted octanol–water partition coefficient (Wildman–Crippen LogP) is 1.65. The Labute approximate surface area is 169 Å². The predicted molar refractivity (Wildman–Crippen MR) is 106 cm³/mol. The van der Waals surface area contributed by atoms with E-state index >= 15 is 0 Å². The number of halogens is 1. The molecule has 3 rings (SSSR count). The molecular formula is C20H28FN3O5. The Morgan fingerprint density at radius 2 is 2.14 bits per heavy atom. The number of hydrogen-bond acceptors (Lipinski definition) is 6. The summed E-state index contributed by atoms with van der Waals surface area (Å²) in [5, 5.41) is 13.1. The van der Waals surface area contributed by atoms with Crippen molar-refractivity contribution in [2.24, 2.45) is 0 Å². The number of benzene rings is 1. The lowest BCUT2D eigenvalue weighted by molar-refractivity contribution is -0.119. The third-order valence-corrected chi connectivity index (χ3v) is 5.31. The Hall–Kier alpha value is -2.39. The third kappa shape index (κ3) is 5.16. The molecule has 1 aromatic carbocycles. The number of amides is 2. The van der Waals surface area contributed by atoms with Crippen molar-refractivity contribution in [1.29, 1.82) is 0 Å². The highest BCUT2D eigenvalue weighted by Gasteiger charge is 2.35. The minimum atomic E-state index is -0.870. The fourth-order valence-electron chi connectivity index (χ4n) is 3.62. The molecule has 2 saturated heterocycles. The largest absolute Gasteiger partial charge is 0.442 e. The van der Waals surface area contributed by atoms with E-state index in [1.54, 1.807) is 12.1 Å². The lowest BCUT2D eigenvalue weighted by Gasteiger charge is -2.39. The summed E-state index contributed by atoms with van der Waals surface area (Å²) in [6, 6.07) is 4.64. The van der Waals surface area contributed by atoms with Crippen LogP contribution in [0.25, 0.3) is 0 Å². The van der Waals surface area contributed by atoms with Gasteiger partial charge in [0.2, 0.25) is 5.91 Å². The maximum atomic E-state index is 14.8. The van der Waals surface area contributed by atoms with E-state index in [4.69, 9.17) is 9.47 Å². The van der Waals surface area contributed by atoms with Crippen molar-refractivity contribution in [1.82, 2.24) is 5.32 Å². The summed E-state index contributed by atoms with van der Waals surface area (Å²) in [6.45, 7) is 5.61. The number of hydrogen-bond donors (Lipinski definition) is 2.